The van der Waals surface area contributed by atoms with Crippen LogP contribution >= 0.6 is 35.0 Å². The molecule has 11 nitrogen and oxygen atoms in total. The second kappa shape index (κ2) is 15.2. The van der Waals surface area contributed by atoms with Gasteiger partial charge in [-0.15, -0.1) is 0 Å². The van der Waals surface area contributed by atoms with Gasteiger partial charge in [0.25, 0.3) is 0 Å². The number of thioether (sulfide) groups is 1. The van der Waals surface area contributed by atoms with Crippen LogP contribution < -0.4 is 4.74 Å². The maximum Gasteiger partial charge on any atom is 0.326 e. The number of benzene rings is 2. The van der Waals surface area contributed by atoms with Gasteiger partial charge in [-0.25, -0.2) is 9.78 Å². The molecule has 1 aromatic heterocycles. The Morgan fingerprint density at radius 2 is 1.55 bits per heavy atom. The van der Waals surface area contributed by atoms with Gasteiger partial charge in [-0.05, 0) is 48.6 Å². The van der Waals surface area contributed by atoms with Gasteiger partial charge in [0.1, 0.15) is 11.9 Å². The number of amides is 3. The first kappa shape index (κ1) is 33.5. The molecule has 0 N–H and O–H groups in total. The molecule has 14 heteroatoms. The maximum atomic E-state index is 14.8. The van der Waals surface area contributed by atoms with Gasteiger partial charge >= 0.3 is 6.03 Å². The first-order valence-electron chi connectivity index (χ1n) is 15.6. The molecule has 2 fully saturated rings. The number of hydrogen-bond acceptors (Lipinski definition) is 9. The maximum absolute atomic E-state index is 14.8. The lowest BCUT2D eigenvalue weighted by molar-refractivity contribution is -0.136. The molecule has 0 radical (unpaired) electrons. The molecule has 2 aromatic carbocycles. The number of aliphatic imine (C=N–C) groups is 1. The zero-order chi connectivity index (χ0) is 32.9. The highest BCUT2D eigenvalue weighted by Gasteiger charge is 2.45. The Labute approximate surface area is 288 Å². The number of amidine groups is 1. The number of carbonyl (C=O) groups excluding carboxylic acids is 2. The van der Waals surface area contributed by atoms with Crippen molar-refractivity contribution >= 4 is 52.7 Å². The lowest BCUT2D eigenvalue weighted by Gasteiger charge is -2.39. The van der Waals surface area contributed by atoms with E-state index in [1.165, 1.54) is 11.8 Å². The van der Waals surface area contributed by atoms with Gasteiger partial charge < -0.3 is 19.3 Å². The molecule has 47 heavy (non-hydrogen) atoms. The molecule has 3 aliphatic rings. The Morgan fingerprint density at radius 1 is 0.915 bits per heavy atom. The van der Waals surface area contributed by atoms with E-state index in [0.717, 1.165) is 11.1 Å². The standard InChI is InChI=1S/C33H37Cl2N7O4S/c1-3-46-31-26(20-36-32(38-31)47-2)30-37-28(22-4-8-24(34)9-5-22)29(23-6-10-25(35)11-7-23)42(30)33(44)41-14-12-39(13-15-41)21-27(43)40-16-18-45-19-17-40/h4-11,20,28-29H,3,12-19,21H2,1-2H3/t28-,29+/m1/s1. The summed E-state index contributed by atoms with van der Waals surface area (Å²) in [4.78, 5) is 49.6. The van der Waals surface area contributed by atoms with E-state index in [4.69, 9.17) is 37.7 Å². The summed E-state index contributed by atoms with van der Waals surface area (Å²) in [5.74, 6) is 0.880. The number of hydrogen-bond donors (Lipinski definition) is 0. The number of morpholine rings is 1. The van der Waals surface area contributed by atoms with Crippen LogP contribution in [0.1, 0.15) is 35.7 Å². The lowest BCUT2D eigenvalue weighted by Crippen LogP contribution is -2.56. The molecule has 2 saturated heterocycles. The second-order valence-corrected chi connectivity index (χ2v) is 13.0. The third-order valence-electron chi connectivity index (χ3n) is 8.50. The van der Waals surface area contributed by atoms with Gasteiger partial charge in [-0.2, -0.15) is 4.98 Å². The molecule has 2 atom stereocenters. The van der Waals surface area contributed by atoms with Crippen molar-refractivity contribution in [1.29, 1.82) is 0 Å². The summed E-state index contributed by atoms with van der Waals surface area (Å²) >= 11 is 14.0. The molecule has 0 saturated carbocycles. The molecule has 248 valence electrons. The number of halogens is 2. The monoisotopic (exact) mass is 697 g/mol. The van der Waals surface area contributed by atoms with Gasteiger partial charge in [0.05, 0.1) is 38.0 Å². The second-order valence-electron chi connectivity index (χ2n) is 11.4. The molecule has 6 rings (SSSR count). The molecular formula is C33H37Cl2N7O4S. The minimum Gasteiger partial charge on any atom is -0.477 e. The van der Waals surface area contributed by atoms with Crippen molar-refractivity contribution in [2.75, 3.05) is 71.9 Å². The summed E-state index contributed by atoms with van der Waals surface area (Å²) < 4.78 is 11.4. The smallest absolute Gasteiger partial charge is 0.326 e. The SMILES string of the molecule is CCOc1nc(SC)ncc1C1=N[C@H](c2ccc(Cl)cc2)[C@H](c2ccc(Cl)cc2)N1C(=O)N1CCN(CC(=O)N2CCOCC2)CC1. The van der Waals surface area contributed by atoms with Crippen LogP contribution in [-0.2, 0) is 9.53 Å². The van der Waals surface area contributed by atoms with Crippen molar-refractivity contribution in [1.82, 2.24) is 29.6 Å². The van der Waals surface area contributed by atoms with E-state index < -0.39 is 12.1 Å². The van der Waals surface area contributed by atoms with Crippen LogP contribution in [0.25, 0.3) is 0 Å². The molecule has 3 aromatic rings. The summed E-state index contributed by atoms with van der Waals surface area (Å²) in [5, 5.41) is 1.76. The molecule has 0 spiro atoms. The number of rotatable bonds is 8. The van der Waals surface area contributed by atoms with Crippen LogP contribution in [0.2, 0.25) is 10.0 Å². The predicted octanol–water partition coefficient (Wildman–Crippen LogP) is 5.05. The molecule has 3 amide bonds. The highest BCUT2D eigenvalue weighted by Crippen LogP contribution is 2.45. The molecule has 0 aliphatic carbocycles. The number of nitrogens with zero attached hydrogens (tertiary/aromatic N) is 7. The minimum atomic E-state index is -0.508. The fourth-order valence-electron chi connectivity index (χ4n) is 6.06. The van der Waals surface area contributed by atoms with Crippen molar-refractivity contribution < 1.29 is 19.1 Å². The van der Waals surface area contributed by atoms with Crippen LogP contribution in [0.3, 0.4) is 0 Å². The third-order valence-corrected chi connectivity index (χ3v) is 9.56. The van der Waals surface area contributed by atoms with Crippen LogP contribution in [-0.4, -0.2) is 119 Å². The van der Waals surface area contributed by atoms with Crippen LogP contribution in [0, 0.1) is 0 Å². The summed E-state index contributed by atoms with van der Waals surface area (Å²) in [6.07, 6.45) is 3.58. The molecule has 4 heterocycles. The Bertz CT molecular complexity index is 1600. The van der Waals surface area contributed by atoms with Gasteiger partial charge in [-0.3, -0.25) is 19.6 Å². The molecule has 0 bridgehead atoms. The molecule has 3 aliphatic heterocycles. The van der Waals surface area contributed by atoms with Crippen molar-refractivity contribution in [2.24, 2.45) is 4.99 Å². The minimum absolute atomic E-state index is 0.0905. The number of urea groups is 1. The number of ether oxygens (including phenoxy) is 2. The number of aromatic nitrogens is 2. The fourth-order valence-corrected chi connectivity index (χ4v) is 6.64. The zero-order valence-corrected chi connectivity index (χ0v) is 28.7. The fraction of sp³-hybridized carbons (Fsp3) is 0.424. The Balaban J connectivity index is 1.34. The third kappa shape index (κ3) is 7.52. The normalized spacial score (nSPS) is 20.3. The van der Waals surface area contributed by atoms with E-state index in [1.807, 2.05) is 71.5 Å². The molecular weight excluding hydrogens is 661 g/mol. The Hall–Kier alpha value is -3.42. The van der Waals surface area contributed by atoms with Gasteiger partial charge in [0.2, 0.25) is 11.8 Å². The van der Waals surface area contributed by atoms with E-state index in [1.54, 1.807) is 11.1 Å². The Kier molecular flexibility index (Phi) is 10.8. The van der Waals surface area contributed by atoms with Crippen LogP contribution in [0.4, 0.5) is 4.79 Å². The Morgan fingerprint density at radius 3 is 2.17 bits per heavy atom. The summed E-state index contributed by atoms with van der Waals surface area (Å²) in [6, 6.07) is 13.9. The first-order chi connectivity index (χ1) is 22.9. The zero-order valence-electron chi connectivity index (χ0n) is 26.3. The predicted molar refractivity (Wildman–Crippen MR) is 183 cm³/mol. The van der Waals surface area contributed by atoms with E-state index >= 15 is 0 Å². The molecule has 0 unspecified atom stereocenters. The van der Waals surface area contributed by atoms with Crippen molar-refractivity contribution in [3.63, 3.8) is 0 Å². The highest BCUT2D eigenvalue weighted by atomic mass is 35.5. The van der Waals surface area contributed by atoms with Gasteiger partial charge in [0, 0.05) is 55.5 Å². The number of carbonyl (C=O) groups is 2. The van der Waals surface area contributed by atoms with Crippen LogP contribution in [0.15, 0.2) is 64.9 Å². The van der Waals surface area contributed by atoms with E-state index in [0.29, 0.717) is 98.1 Å². The van der Waals surface area contributed by atoms with Crippen molar-refractivity contribution in [3.8, 4) is 5.88 Å². The topological polar surface area (TPSA) is 104 Å². The summed E-state index contributed by atoms with van der Waals surface area (Å²) in [5.41, 5.74) is 2.30. The van der Waals surface area contributed by atoms with E-state index in [2.05, 4.69) is 14.9 Å². The van der Waals surface area contributed by atoms with Crippen LogP contribution in [0.5, 0.6) is 5.88 Å². The number of piperazine rings is 1. The van der Waals surface area contributed by atoms with E-state index in [9.17, 15) is 9.59 Å². The lowest BCUT2D eigenvalue weighted by atomic mass is 9.94. The van der Waals surface area contributed by atoms with Gasteiger partial charge in [-0.1, -0.05) is 59.2 Å². The van der Waals surface area contributed by atoms with E-state index in [-0.39, 0.29) is 11.9 Å². The average Bonchev–Trinajstić information content (AvgIpc) is 3.49. The van der Waals surface area contributed by atoms with Gasteiger partial charge in [0.15, 0.2) is 5.16 Å². The largest absolute Gasteiger partial charge is 0.477 e. The van der Waals surface area contributed by atoms with Crippen molar-refractivity contribution in [3.05, 3.63) is 81.5 Å². The van der Waals surface area contributed by atoms with Crippen molar-refractivity contribution in [2.45, 2.75) is 24.2 Å². The first-order valence-corrected chi connectivity index (χ1v) is 17.6. The summed E-state index contributed by atoms with van der Waals surface area (Å²) in [6.45, 7) is 7.00. The average molecular weight is 699 g/mol. The quantitative estimate of drug-likeness (QED) is 0.238. The highest BCUT2D eigenvalue weighted by molar-refractivity contribution is 7.98. The summed E-state index contributed by atoms with van der Waals surface area (Å²) in [7, 11) is 0.